The van der Waals surface area contributed by atoms with Crippen molar-refractivity contribution in [2.75, 3.05) is 19.8 Å². The number of aryl methyl sites for hydroxylation is 1. The zero-order valence-corrected chi connectivity index (χ0v) is 17.8. The smallest absolute Gasteiger partial charge is 0.166 e. The molecule has 7 heteroatoms. The summed E-state index contributed by atoms with van der Waals surface area (Å²) in [6.07, 6.45) is 5.84. The van der Waals surface area contributed by atoms with Crippen molar-refractivity contribution in [3.8, 4) is 28.5 Å². The van der Waals surface area contributed by atoms with E-state index in [0.29, 0.717) is 26.2 Å². The first-order valence-corrected chi connectivity index (χ1v) is 10.3. The Balaban J connectivity index is 1.40. The van der Waals surface area contributed by atoms with Crippen LogP contribution >= 0.6 is 0 Å². The van der Waals surface area contributed by atoms with Gasteiger partial charge in [-0.1, -0.05) is 0 Å². The molecule has 2 aromatic carbocycles. The SMILES string of the molecule is CCOCCC1(Oc2ccc(Oc3ccc(-c4ccnn4C)cc3)cc2)C=NC=NC1. The Morgan fingerprint density at radius 1 is 0.968 bits per heavy atom. The first kappa shape index (κ1) is 20.8. The topological polar surface area (TPSA) is 70.2 Å². The van der Waals surface area contributed by atoms with E-state index in [-0.39, 0.29) is 0 Å². The number of hydrogen-bond acceptors (Lipinski definition) is 6. The average molecular weight is 418 g/mol. The van der Waals surface area contributed by atoms with Gasteiger partial charge in [0.15, 0.2) is 5.60 Å². The Kier molecular flexibility index (Phi) is 6.43. The maximum Gasteiger partial charge on any atom is 0.166 e. The van der Waals surface area contributed by atoms with Crippen LogP contribution in [0.1, 0.15) is 13.3 Å². The monoisotopic (exact) mass is 418 g/mol. The van der Waals surface area contributed by atoms with Crippen molar-refractivity contribution < 1.29 is 14.2 Å². The first-order chi connectivity index (χ1) is 15.2. The standard InChI is InChI=1S/C24H26N4O3/c1-3-29-15-13-24(16-25-18-26-17-24)31-22-10-8-21(9-11-22)30-20-6-4-19(5-7-20)23-12-14-27-28(23)2/h4-12,14,16,18H,3,13,15,17H2,1-2H3. The number of nitrogens with zero attached hydrogens (tertiary/aromatic N) is 4. The van der Waals surface area contributed by atoms with Crippen LogP contribution in [0.3, 0.4) is 0 Å². The van der Waals surface area contributed by atoms with E-state index in [1.807, 2.05) is 79.5 Å². The van der Waals surface area contributed by atoms with Gasteiger partial charge in [0.1, 0.15) is 23.6 Å². The van der Waals surface area contributed by atoms with Gasteiger partial charge in [0, 0.05) is 31.8 Å². The van der Waals surface area contributed by atoms with Crippen molar-refractivity contribution in [2.45, 2.75) is 18.9 Å². The molecule has 4 rings (SSSR count). The lowest BCUT2D eigenvalue weighted by Gasteiger charge is -2.30. The normalized spacial score (nSPS) is 17.6. The number of rotatable bonds is 9. The molecule has 0 spiro atoms. The molecule has 1 aromatic heterocycles. The van der Waals surface area contributed by atoms with E-state index >= 15 is 0 Å². The molecule has 0 N–H and O–H groups in total. The highest BCUT2D eigenvalue weighted by Crippen LogP contribution is 2.29. The van der Waals surface area contributed by atoms with Gasteiger partial charge in [0.2, 0.25) is 0 Å². The number of aliphatic imine (C=N–C) groups is 2. The molecule has 1 unspecified atom stereocenters. The summed E-state index contributed by atoms with van der Waals surface area (Å²) in [4.78, 5) is 8.46. The predicted molar refractivity (Wildman–Crippen MR) is 121 cm³/mol. The van der Waals surface area contributed by atoms with Crippen LogP contribution in [0.2, 0.25) is 0 Å². The summed E-state index contributed by atoms with van der Waals surface area (Å²) < 4.78 is 19.6. The molecule has 0 amide bonds. The van der Waals surface area contributed by atoms with Crippen molar-refractivity contribution in [1.82, 2.24) is 9.78 Å². The van der Waals surface area contributed by atoms with Gasteiger partial charge in [-0.2, -0.15) is 5.10 Å². The van der Waals surface area contributed by atoms with Crippen molar-refractivity contribution in [3.05, 3.63) is 60.8 Å². The van der Waals surface area contributed by atoms with Crippen LogP contribution in [0.15, 0.2) is 70.8 Å². The maximum absolute atomic E-state index is 6.26. The molecule has 0 fully saturated rings. The van der Waals surface area contributed by atoms with Crippen LogP contribution in [0.4, 0.5) is 0 Å². The molecule has 0 saturated carbocycles. The minimum atomic E-state index is -0.589. The number of aromatic nitrogens is 2. The highest BCUT2D eigenvalue weighted by molar-refractivity contribution is 5.81. The van der Waals surface area contributed by atoms with Crippen LogP contribution in [0.25, 0.3) is 11.3 Å². The Morgan fingerprint density at radius 3 is 2.29 bits per heavy atom. The van der Waals surface area contributed by atoms with E-state index < -0.39 is 5.60 Å². The molecule has 2 heterocycles. The van der Waals surface area contributed by atoms with Crippen LogP contribution in [0, 0.1) is 0 Å². The molecule has 31 heavy (non-hydrogen) atoms. The van der Waals surface area contributed by atoms with Gasteiger partial charge in [-0.25, -0.2) is 4.99 Å². The quantitative estimate of drug-likeness (QED) is 0.479. The summed E-state index contributed by atoms with van der Waals surface area (Å²) in [5, 5.41) is 4.21. The molecular formula is C24H26N4O3. The highest BCUT2D eigenvalue weighted by atomic mass is 16.5. The minimum Gasteiger partial charge on any atom is -0.480 e. The molecule has 1 aliphatic rings. The Hall–Kier alpha value is -3.45. The van der Waals surface area contributed by atoms with Gasteiger partial charge in [-0.05, 0) is 61.5 Å². The van der Waals surface area contributed by atoms with Crippen LogP contribution in [0.5, 0.6) is 17.2 Å². The molecule has 1 atom stereocenters. The van der Waals surface area contributed by atoms with Gasteiger partial charge in [-0.3, -0.25) is 9.67 Å². The largest absolute Gasteiger partial charge is 0.480 e. The average Bonchev–Trinajstić information content (AvgIpc) is 3.22. The molecule has 0 aliphatic carbocycles. The van der Waals surface area contributed by atoms with Gasteiger partial charge in [0.05, 0.1) is 25.1 Å². The third-order valence-electron chi connectivity index (χ3n) is 5.04. The van der Waals surface area contributed by atoms with E-state index in [4.69, 9.17) is 14.2 Å². The lowest BCUT2D eigenvalue weighted by Crippen LogP contribution is -2.43. The van der Waals surface area contributed by atoms with Crippen LogP contribution in [-0.2, 0) is 11.8 Å². The third-order valence-corrected chi connectivity index (χ3v) is 5.04. The molecule has 0 saturated heterocycles. The molecular weight excluding hydrogens is 392 g/mol. The molecule has 1 aliphatic heterocycles. The van der Waals surface area contributed by atoms with E-state index in [1.54, 1.807) is 12.5 Å². The van der Waals surface area contributed by atoms with E-state index in [9.17, 15) is 0 Å². The molecule has 160 valence electrons. The fourth-order valence-electron chi connectivity index (χ4n) is 3.39. The van der Waals surface area contributed by atoms with Gasteiger partial charge < -0.3 is 14.2 Å². The van der Waals surface area contributed by atoms with Crippen LogP contribution in [-0.4, -0.2) is 47.7 Å². The second-order valence-corrected chi connectivity index (χ2v) is 7.29. The van der Waals surface area contributed by atoms with Crippen molar-refractivity contribution in [1.29, 1.82) is 0 Å². The molecule has 3 aromatic rings. The van der Waals surface area contributed by atoms with Crippen molar-refractivity contribution >= 4 is 12.6 Å². The van der Waals surface area contributed by atoms with E-state index in [0.717, 1.165) is 28.5 Å². The van der Waals surface area contributed by atoms with Crippen LogP contribution < -0.4 is 9.47 Å². The first-order valence-electron chi connectivity index (χ1n) is 10.3. The summed E-state index contributed by atoms with van der Waals surface area (Å²) in [5.41, 5.74) is 1.56. The van der Waals surface area contributed by atoms with Gasteiger partial charge >= 0.3 is 0 Å². The van der Waals surface area contributed by atoms with Gasteiger partial charge in [0.25, 0.3) is 0 Å². The fourth-order valence-corrected chi connectivity index (χ4v) is 3.39. The Bertz CT molecular complexity index is 1040. The number of benzene rings is 2. The third kappa shape index (κ3) is 5.19. The molecule has 0 bridgehead atoms. The van der Waals surface area contributed by atoms with E-state index in [2.05, 4.69) is 15.1 Å². The maximum atomic E-state index is 6.26. The molecule has 0 radical (unpaired) electrons. The summed E-state index contributed by atoms with van der Waals surface area (Å²) in [6.45, 7) is 3.76. The van der Waals surface area contributed by atoms with Gasteiger partial charge in [-0.15, -0.1) is 0 Å². The minimum absolute atomic E-state index is 0.519. The zero-order valence-electron chi connectivity index (χ0n) is 17.8. The lowest BCUT2D eigenvalue weighted by molar-refractivity contribution is 0.0771. The second kappa shape index (κ2) is 9.57. The predicted octanol–water partition coefficient (Wildman–Crippen LogP) is 4.54. The summed E-state index contributed by atoms with van der Waals surface area (Å²) >= 11 is 0. The number of hydrogen-bond donors (Lipinski definition) is 0. The lowest BCUT2D eigenvalue weighted by atomic mass is 10.0. The van der Waals surface area contributed by atoms with E-state index in [1.165, 1.54) is 0 Å². The summed E-state index contributed by atoms with van der Waals surface area (Å²) in [7, 11) is 1.93. The highest BCUT2D eigenvalue weighted by Gasteiger charge is 2.31. The molecule has 7 nitrogen and oxygen atoms in total. The number of ether oxygens (including phenoxy) is 3. The summed E-state index contributed by atoms with van der Waals surface area (Å²) in [5.74, 6) is 2.24. The summed E-state index contributed by atoms with van der Waals surface area (Å²) in [6, 6.07) is 17.5. The fraction of sp³-hybridized carbons (Fsp3) is 0.292. The Morgan fingerprint density at radius 2 is 1.68 bits per heavy atom. The second-order valence-electron chi connectivity index (χ2n) is 7.29. The Labute approximate surface area is 182 Å². The zero-order chi connectivity index (χ0) is 21.5. The van der Waals surface area contributed by atoms with Crippen molar-refractivity contribution in [2.24, 2.45) is 17.0 Å². The van der Waals surface area contributed by atoms with Crippen molar-refractivity contribution in [3.63, 3.8) is 0 Å².